The van der Waals surface area contributed by atoms with Crippen molar-refractivity contribution in [2.45, 2.75) is 13.8 Å². The van der Waals surface area contributed by atoms with E-state index in [2.05, 4.69) is 15.3 Å². The predicted octanol–water partition coefficient (Wildman–Crippen LogP) is 2.41. The smallest absolute Gasteiger partial charge is 0.276 e. The summed E-state index contributed by atoms with van der Waals surface area (Å²) in [6.45, 7) is 3.79. The number of aromatic nitrogens is 2. The number of rotatable bonds is 2. The maximum atomic E-state index is 11.8. The van der Waals surface area contributed by atoms with Crippen molar-refractivity contribution in [1.82, 2.24) is 9.97 Å². The van der Waals surface area contributed by atoms with Crippen LogP contribution in [0.2, 0.25) is 0 Å². The largest absolute Gasteiger partial charge is 0.296 e. The molecule has 5 heteroatoms. The maximum absolute atomic E-state index is 11.8. The number of carbonyl (C=O) groups is 1. The van der Waals surface area contributed by atoms with E-state index in [0.29, 0.717) is 10.8 Å². The highest BCUT2D eigenvalue weighted by molar-refractivity contribution is 7.15. The third-order valence-electron chi connectivity index (χ3n) is 1.96. The lowest BCUT2D eigenvalue weighted by molar-refractivity contribution is 0.102. The van der Waals surface area contributed by atoms with Gasteiger partial charge in [0.05, 0.1) is 0 Å². The molecule has 0 spiro atoms. The van der Waals surface area contributed by atoms with E-state index in [4.69, 9.17) is 0 Å². The number of nitrogens with zero attached hydrogens (tertiary/aromatic N) is 2. The van der Waals surface area contributed by atoms with Gasteiger partial charge in [-0.15, -0.1) is 11.3 Å². The first-order valence-electron chi connectivity index (χ1n) is 4.82. The number of hydrogen-bond donors (Lipinski definition) is 1. The van der Waals surface area contributed by atoms with Gasteiger partial charge in [-0.05, 0) is 26.0 Å². The van der Waals surface area contributed by atoms with Crippen molar-refractivity contribution in [3.8, 4) is 0 Å². The van der Waals surface area contributed by atoms with E-state index < -0.39 is 0 Å². The minimum atomic E-state index is -0.224. The maximum Gasteiger partial charge on any atom is 0.276 e. The van der Waals surface area contributed by atoms with Gasteiger partial charge in [0, 0.05) is 16.8 Å². The number of carbonyl (C=O) groups excluding carboxylic acids is 1. The predicted molar refractivity (Wildman–Crippen MR) is 63.8 cm³/mol. The van der Waals surface area contributed by atoms with E-state index in [9.17, 15) is 4.79 Å². The summed E-state index contributed by atoms with van der Waals surface area (Å²) in [7, 11) is 0. The quantitative estimate of drug-likeness (QED) is 0.866. The van der Waals surface area contributed by atoms with Crippen molar-refractivity contribution in [2.24, 2.45) is 0 Å². The van der Waals surface area contributed by atoms with Crippen LogP contribution in [0.3, 0.4) is 0 Å². The van der Waals surface area contributed by atoms with Crippen LogP contribution in [0.4, 0.5) is 5.13 Å². The second-order valence-corrected chi connectivity index (χ2v) is 4.63. The van der Waals surface area contributed by atoms with Gasteiger partial charge in [0.25, 0.3) is 5.91 Å². The first-order chi connectivity index (χ1) is 7.65. The number of amides is 1. The van der Waals surface area contributed by atoms with E-state index in [1.165, 1.54) is 11.3 Å². The molecule has 0 saturated carbocycles. The number of hydrogen-bond acceptors (Lipinski definition) is 4. The van der Waals surface area contributed by atoms with Crippen molar-refractivity contribution >= 4 is 22.4 Å². The Morgan fingerprint density at radius 1 is 1.38 bits per heavy atom. The number of pyridine rings is 1. The Labute approximate surface area is 97.4 Å². The zero-order valence-electron chi connectivity index (χ0n) is 9.02. The molecule has 1 amide bonds. The Bertz CT molecular complexity index is 521. The molecule has 16 heavy (non-hydrogen) atoms. The van der Waals surface area contributed by atoms with Gasteiger partial charge in [-0.2, -0.15) is 0 Å². The molecule has 0 bridgehead atoms. The van der Waals surface area contributed by atoms with Crippen LogP contribution < -0.4 is 5.32 Å². The van der Waals surface area contributed by atoms with Crippen LogP contribution in [-0.4, -0.2) is 15.9 Å². The molecule has 2 aromatic rings. The van der Waals surface area contributed by atoms with Gasteiger partial charge in [0.15, 0.2) is 5.13 Å². The topological polar surface area (TPSA) is 54.9 Å². The van der Waals surface area contributed by atoms with Gasteiger partial charge in [-0.25, -0.2) is 9.97 Å². The van der Waals surface area contributed by atoms with Gasteiger partial charge in [0.1, 0.15) is 5.69 Å². The molecule has 2 rings (SSSR count). The lowest BCUT2D eigenvalue weighted by atomic mass is 10.3. The second kappa shape index (κ2) is 4.40. The lowest BCUT2D eigenvalue weighted by Gasteiger charge is -2.01. The average molecular weight is 233 g/mol. The Morgan fingerprint density at radius 3 is 2.81 bits per heavy atom. The van der Waals surface area contributed by atoms with Crippen LogP contribution in [0.15, 0.2) is 24.4 Å². The lowest BCUT2D eigenvalue weighted by Crippen LogP contribution is -2.13. The monoisotopic (exact) mass is 233 g/mol. The zero-order chi connectivity index (χ0) is 11.5. The number of nitrogens with one attached hydrogen (secondary N) is 1. The standard InChI is InChI=1S/C11H11N3OS/c1-7-4-3-5-9(13-7)10(15)14-11-12-6-8(2)16-11/h3-6H,1-2H3,(H,12,14,15). The fourth-order valence-corrected chi connectivity index (χ4v) is 1.90. The van der Waals surface area contributed by atoms with E-state index in [0.717, 1.165) is 10.6 Å². The van der Waals surface area contributed by atoms with Crippen molar-refractivity contribution in [1.29, 1.82) is 0 Å². The molecule has 82 valence electrons. The van der Waals surface area contributed by atoms with Crippen LogP contribution in [0.25, 0.3) is 0 Å². The van der Waals surface area contributed by atoms with Gasteiger partial charge >= 0.3 is 0 Å². The molecule has 0 fully saturated rings. The molecule has 0 aliphatic heterocycles. The Morgan fingerprint density at radius 2 is 2.19 bits per heavy atom. The molecule has 2 heterocycles. The molecule has 0 saturated heterocycles. The molecular formula is C11H11N3OS. The van der Waals surface area contributed by atoms with E-state index >= 15 is 0 Å². The van der Waals surface area contributed by atoms with E-state index in [1.807, 2.05) is 26.0 Å². The highest BCUT2D eigenvalue weighted by Crippen LogP contribution is 2.17. The molecule has 0 aromatic carbocycles. The van der Waals surface area contributed by atoms with Crippen LogP contribution in [0, 0.1) is 13.8 Å². The van der Waals surface area contributed by atoms with E-state index in [1.54, 1.807) is 12.3 Å². The fourth-order valence-electron chi connectivity index (χ4n) is 1.24. The first-order valence-corrected chi connectivity index (χ1v) is 5.64. The number of aryl methyl sites for hydroxylation is 2. The van der Waals surface area contributed by atoms with Crippen molar-refractivity contribution < 1.29 is 4.79 Å². The van der Waals surface area contributed by atoms with Gasteiger partial charge in [-0.1, -0.05) is 6.07 Å². The van der Waals surface area contributed by atoms with Gasteiger partial charge in [0.2, 0.25) is 0 Å². The molecular weight excluding hydrogens is 222 g/mol. The third-order valence-corrected chi connectivity index (χ3v) is 2.79. The summed E-state index contributed by atoms with van der Waals surface area (Å²) >= 11 is 1.44. The first kappa shape index (κ1) is 10.8. The molecule has 0 unspecified atom stereocenters. The fraction of sp³-hybridized carbons (Fsp3) is 0.182. The van der Waals surface area contributed by atoms with Gasteiger partial charge in [-0.3, -0.25) is 10.1 Å². The average Bonchev–Trinajstić information content (AvgIpc) is 2.64. The zero-order valence-corrected chi connectivity index (χ0v) is 9.84. The molecule has 0 aliphatic carbocycles. The van der Waals surface area contributed by atoms with Crippen LogP contribution in [-0.2, 0) is 0 Å². The van der Waals surface area contributed by atoms with Crippen molar-refractivity contribution in [3.05, 3.63) is 40.7 Å². The molecule has 4 nitrogen and oxygen atoms in total. The SMILES string of the molecule is Cc1cccc(C(=O)Nc2ncc(C)s2)n1. The highest BCUT2D eigenvalue weighted by Gasteiger charge is 2.09. The minimum absolute atomic E-state index is 0.224. The summed E-state index contributed by atoms with van der Waals surface area (Å²) in [5.74, 6) is -0.224. The molecule has 0 atom stereocenters. The summed E-state index contributed by atoms with van der Waals surface area (Å²) in [4.78, 5) is 21.0. The number of anilines is 1. The molecule has 2 aromatic heterocycles. The summed E-state index contributed by atoms with van der Waals surface area (Å²) in [5, 5.41) is 3.31. The third kappa shape index (κ3) is 2.43. The van der Waals surface area contributed by atoms with Crippen LogP contribution in [0.5, 0.6) is 0 Å². The van der Waals surface area contributed by atoms with Crippen LogP contribution in [0.1, 0.15) is 21.1 Å². The van der Waals surface area contributed by atoms with Gasteiger partial charge < -0.3 is 0 Å². The Kier molecular flexibility index (Phi) is 2.96. The summed E-state index contributed by atoms with van der Waals surface area (Å²) < 4.78 is 0. The Balaban J connectivity index is 2.14. The highest BCUT2D eigenvalue weighted by atomic mass is 32.1. The van der Waals surface area contributed by atoms with Crippen molar-refractivity contribution in [2.75, 3.05) is 5.32 Å². The molecule has 0 aliphatic rings. The number of thiazole rings is 1. The minimum Gasteiger partial charge on any atom is -0.296 e. The van der Waals surface area contributed by atoms with E-state index in [-0.39, 0.29) is 5.91 Å². The summed E-state index contributed by atoms with van der Waals surface area (Å²) in [6.07, 6.45) is 1.73. The normalized spacial score (nSPS) is 10.1. The second-order valence-electron chi connectivity index (χ2n) is 3.39. The summed E-state index contributed by atoms with van der Waals surface area (Å²) in [6, 6.07) is 5.34. The van der Waals surface area contributed by atoms with Crippen molar-refractivity contribution in [3.63, 3.8) is 0 Å². The molecule has 0 radical (unpaired) electrons. The molecule has 1 N–H and O–H groups in total. The summed E-state index contributed by atoms with van der Waals surface area (Å²) in [5.41, 5.74) is 1.23. The Hall–Kier alpha value is -1.75. The van der Waals surface area contributed by atoms with Crippen LogP contribution >= 0.6 is 11.3 Å².